The Balaban J connectivity index is 1.44. The fourth-order valence-electron chi connectivity index (χ4n) is 4.03. The highest BCUT2D eigenvalue weighted by molar-refractivity contribution is 5.94. The second-order valence-corrected chi connectivity index (χ2v) is 8.03. The number of anilines is 1. The molecule has 1 N–H and O–H groups in total. The Morgan fingerprint density at radius 2 is 1.88 bits per heavy atom. The molecule has 0 bridgehead atoms. The number of amides is 1. The van der Waals surface area contributed by atoms with Gasteiger partial charge in [0.2, 0.25) is 5.91 Å². The van der Waals surface area contributed by atoms with E-state index in [1.807, 2.05) is 43.5 Å². The Kier molecular flexibility index (Phi) is 5.08. The molecule has 1 amide bonds. The molecule has 4 aromatic heterocycles. The van der Waals surface area contributed by atoms with Crippen LogP contribution in [-0.2, 0) is 11.2 Å². The quantitative estimate of drug-likeness (QED) is 0.442. The summed E-state index contributed by atoms with van der Waals surface area (Å²) in [4.78, 5) is 26.3. The number of carbonyl (C=O) groups is 1. The lowest BCUT2D eigenvalue weighted by molar-refractivity contribution is -0.116. The molecule has 8 nitrogen and oxygen atoms in total. The van der Waals surface area contributed by atoms with Crippen LogP contribution in [0.2, 0.25) is 0 Å². The number of aromatic nitrogens is 6. The maximum atomic E-state index is 13.5. The smallest absolute Gasteiger partial charge is 0.252 e. The molecule has 0 atom stereocenters. The highest BCUT2D eigenvalue weighted by atomic mass is 19.1. The summed E-state index contributed by atoms with van der Waals surface area (Å²) in [6, 6.07) is 9.97. The molecule has 0 radical (unpaired) electrons. The zero-order valence-electron chi connectivity index (χ0n) is 18.5. The minimum atomic E-state index is -0.326. The summed E-state index contributed by atoms with van der Waals surface area (Å²) in [5.74, 6) is 0.619. The first-order chi connectivity index (χ1) is 15.9. The van der Waals surface area contributed by atoms with Crippen LogP contribution in [0.5, 0.6) is 0 Å². The Hall–Kier alpha value is -4.14. The molecule has 0 saturated heterocycles. The van der Waals surface area contributed by atoms with Crippen LogP contribution in [0.4, 0.5) is 10.2 Å². The van der Waals surface area contributed by atoms with E-state index in [-0.39, 0.29) is 18.1 Å². The molecule has 0 spiro atoms. The van der Waals surface area contributed by atoms with Crippen LogP contribution in [0.25, 0.3) is 22.7 Å². The van der Waals surface area contributed by atoms with Crippen molar-refractivity contribution in [1.82, 2.24) is 29.0 Å². The summed E-state index contributed by atoms with van der Waals surface area (Å²) in [7, 11) is 0. The van der Waals surface area contributed by atoms with Crippen molar-refractivity contribution in [3.05, 3.63) is 77.3 Å². The number of hydrogen-bond acceptors (Lipinski definition) is 5. The third-order valence-corrected chi connectivity index (χ3v) is 5.75. The van der Waals surface area contributed by atoms with Crippen LogP contribution < -0.4 is 5.32 Å². The maximum Gasteiger partial charge on any atom is 0.252 e. The van der Waals surface area contributed by atoms with Gasteiger partial charge in [0.1, 0.15) is 29.3 Å². The predicted octanol–water partition coefficient (Wildman–Crippen LogP) is 4.07. The highest BCUT2D eigenvalue weighted by Crippen LogP contribution is 2.29. The largest absolute Gasteiger partial charge is 0.310 e. The van der Waals surface area contributed by atoms with E-state index in [0.717, 1.165) is 28.1 Å². The molecule has 5 aromatic rings. The number of aryl methyl sites for hydroxylation is 3. The van der Waals surface area contributed by atoms with E-state index in [0.29, 0.717) is 29.4 Å². The molecule has 9 heteroatoms. The second kappa shape index (κ2) is 8.09. The average Bonchev–Trinajstić information content (AvgIpc) is 3.39. The number of benzene rings is 1. The minimum Gasteiger partial charge on any atom is -0.310 e. The van der Waals surface area contributed by atoms with E-state index in [2.05, 4.69) is 20.4 Å². The van der Waals surface area contributed by atoms with Gasteiger partial charge in [-0.05, 0) is 74.7 Å². The first-order valence-corrected chi connectivity index (χ1v) is 10.6. The van der Waals surface area contributed by atoms with Gasteiger partial charge in [0.25, 0.3) is 5.78 Å². The molecular formula is C24H22FN7O. The number of fused-ring (bicyclic) bond motifs is 2. The lowest BCUT2D eigenvalue weighted by atomic mass is 10.1. The molecule has 33 heavy (non-hydrogen) atoms. The van der Waals surface area contributed by atoms with Gasteiger partial charge in [0.15, 0.2) is 0 Å². The van der Waals surface area contributed by atoms with Crippen molar-refractivity contribution in [3.63, 3.8) is 0 Å². The van der Waals surface area contributed by atoms with Crippen molar-refractivity contribution < 1.29 is 9.18 Å². The molecular weight excluding hydrogens is 421 g/mol. The van der Waals surface area contributed by atoms with Gasteiger partial charge < -0.3 is 5.32 Å². The van der Waals surface area contributed by atoms with E-state index >= 15 is 0 Å². The first-order valence-electron chi connectivity index (χ1n) is 10.6. The standard InChI is InChI=1S/C24H22FN7O/c1-14-10-11-31-20(12-14)29-22(17-4-6-18(25)7-5-17)23(31)30-21(33)9-8-19-15(2)28-24-26-13-27-32(24)16(19)3/h4-7,10-13H,8-9H2,1-3H3,(H,30,33). The molecule has 0 aliphatic carbocycles. The van der Waals surface area contributed by atoms with Gasteiger partial charge in [0.05, 0.1) is 0 Å². The molecule has 4 heterocycles. The molecule has 0 unspecified atom stereocenters. The molecule has 5 rings (SSSR count). The fraction of sp³-hybridized carbons (Fsp3) is 0.208. The summed E-state index contributed by atoms with van der Waals surface area (Å²) in [6.45, 7) is 5.84. The normalized spacial score (nSPS) is 11.4. The number of nitrogens with one attached hydrogen (secondary N) is 1. The molecule has 0 aliphatic rings. The SMILES string of the molecule is Cc1ccn2c(NC(=O)CCc3c(C)nc4ncnn4c3C)c(-c3ccc(F)cc3)nc2c1. The lowest BCUT2D eigenvalue weighted by Crippen LogP contribution is -2.16. The van der Waals surface area contributed by atoms with Crippen molar-refractivity contribution in [2.24, 2.45) is 0 Å². The first kappa shape index (κ1) is 20.7. The van der Waals surface area contributed by atoms with Crippen LogP contribution in [0.1, 0.15) is 28.9 Å². The molecule has 0 aliphatic heterocycles. The van der Waals surface area contributed by atoms with Gasteiger partial charge in [-0.25, -0.2) is 18.9 Å². The van der Waals surface area contributed by atoms with E-state index in [9.17, 15) is 9.18 Å². The van der Waals surface area contributed by atoms with Gasteiger partial charge >= 0.3 is 0 Å². The van der Waals surface area contributed by atoms with E-state index in [1.165, 1.54) is 18.5 Å². The van der Waals surface area contributed by atoms with Crippen LogP contribution in [0.3, 0.4) is 0 Å². The number of halogens is 1. The van der Waals surface area contributed by atoms with Gasteiger partial charge in [-0.1, -0.05) is 0 Å². The zero-order chi connectivity index (χ0) is 23.1. The highest BCUT2D eigenvalue weighted by Gasteiger charge is 2.18. The van der Waals surface area contributed by atoms with Crippen molar-refractivity contribution in [2.75, 3.05) is 5.32 Å². The van der Waals surface area contributed by atoms with E-state index < -0.39 is 0 Å². The number of pyridine rings is 1. The van der Waals surface area contributed by atoms with Gasteiger partial charge in [-0.15, -0.1) is 0 Å². The third kappa shape index (κ3) is 3.82. The summed E-state index contributed by atoms with van der Waals surface area (Å²) in [6.07, 6.45) is 4.10. The Labute approximate surface area is 189 Å². The summed E-state index contributed by atoms with van der Waals surface area (Å²) in [5, 5.41) is 7.22. The number of carbonyl (C=O) groups excluding carboxylic acids is 1. The topological polar surface area (TPSA) is 89.5 Å². The van der Waals surface area contributed by atoms with Crippen molar-refractivity contribution in [1.29, 1.82) is 0 Å². The minimum absolute atomic E-state index is 0.154. The third-order valence-electron chi connectivity index (χ3n) is 5.75. The molecule has 166 valence electrons. The average molecular weight is 443 g/mol. The predicted molar refractivity (Wildman–Crippen MR) is 123 cm³/mol. The molecule has 0 saturated carbocycles. The zero-order valence-corrected chi connectivity index (χ0v) is 18.5. The van der Waals surface area contributed by atoms with Crippen LogP contribution >= 0.6 is 0 Å². The van der Waals surface area contributed by atoms with Crippen LogP contribution in [0, 0.1) is 26.6 Å². The van der Waals surface area contributed by atoms with Crippen molar-refractivity contribution >= 4 is 23.1 Å². The van der Waals surface area contributed by atoms with Gasteiger partial charge in [0, 0.05) is 29.6 Å². The van der Waals surface area contributed by atoms with Gasteiger partial charge in [-0.2, -0.15) is 10.1 Å². The van der Waals surface area contributed by atoms with E-state index in [1.54, 1.807) is 16.6 Å². The molecule has 1 aromatic carbocycles. The van der Waals surface area contributed by atoms with Gasteiger partial charge in [-0.3, -0.25) is 9.20 Å². The number of hydrogen-bond donors (Lipinski definition) is 1. The number of imidazole rings is 1. The summed E-state index contributed by atoms with van der Waals surface area (Å²) >= 11 is 0. The summed E-state index contributed by atoms with van der Waals surface area (Å²) in [5.41, 5.74) is 5.79. The fourth-order valence-corrected chi connectivity index (χ4v) is 4.03. The second-order valence-electron chi connectivity index (χ2n) is 8.03. The summed E-state index contributed by atoms with van der Waals surface area (Å²) < 4.78 is 17.0. The molecule has 0 fully saturated rings. The Morgan fingerprint density at radius 1 is 1.09 bits per heavy atom. The monoisotopic (exact) mass is 443 g/mol. The van der Waals surface area contributed by atoms with E-state index in [4.69, 9.17) is 4.98 Å². The number of rotatable bonds is 5. The van der Waals surface area contributed by atoms with Crippen LogP contribution in [-0.4, -0.2) is 34.9 Å². The van der Waals surface area contributed by atoms with Crippen molar-refractivity contribution in [2.45, 2.75) is 33.6 Å². The maximum absolute atomic E-state index is 13.5. The van der Waals surface area contributed by atoms with Crippen molar-refractivity contribution in [3.8, 4) is 11.3 Å². The Morgan fingerprint density at radius 3 is 2.67 bits per heavy atom. The Bertz CT molecular complexity index is 1500. The van der Waals surface area contributed by atoms with Crippen LogP contribution in [0.15, 0.2) is 48.9 Å². The lowest BCUT2D eigenvalue weighted by Gasteiger charge is -2.11. The number of nitrogens with zero attached hydrogens (tertiary/aromatic N) is 6.